The van der Waals surface area contributed by atoms with Crippen LogP contribution in [0.4, 0.5) is 13.2 Å². The van der Waals surface area contributed by atoms with E-state index in [-0.39, 0.29) is 0 Å². The summed E-state index contributed by atoms with van der Waals surface area (Å²) in [4.78, 5) is 2.45. The molecule has 4 heteroatoms. The molecule has 1 nitrogen and oxygen atoms in total. The van der Waals surface area contributed by atoms with Gasteiger partial charge in [0.1, 0.15) is 0 Å². The van der Waals surface area contributed by atoms with Gasteiger partial charge in [-0.05, 0) is 58.5 Å². The lowest BCUT2D eigenvalue weighted by Crippen LogP contribution is -2.32. The van der Waals surface area contributed by atoms with Crippen molar-refractivity contribution in [1.82, 2.24) is 4.90 Å². The minimum atomic E-state index is -4.31. The maximum absolute atomic E-state index is 13.1. The third-order valence-electron chi connectivity index (χ3n) is 5.96. The number of hydrogen-bond donors (Lipinski definition) is 0. The summed E-state index contributed by atoms with van der Waals surface area (Å²) in [5, 5.41) is 2.48. The summed E-state index contributed by atoms with van der Waals surface area (Å²) in [5.74, 6) is 0. The topological polar surface area (TPSA) is 3.24 Å². The Labute approximate surface area is 175 Å². The van der Waals surface area contributed by atoms with Crippen LogP contribution in [0.15, 0.2) is 72.8 Å². The molecule has 0 bridgehead atoms. The van der Waals surface area contributed by atoms with Gasteiger partial charge < -0.3 is 0 Å². The summed E-state index contributed by atoms with van der Waals surface area (Å²) >= 11 is 0. The minimum absolute atomic E-state index is 0.318. The van der Waals surface area contributed by atoms with Crippen molar-refractivity contribution in [3.8, 4) is 0 Å². The Bertz CT molecular complexity index is 1050. The molecule has 1 aliphatic heterocycles. The van der Waals surface area contributed by atoms with Gasteiger partial charge >= 0.3 is 6.18 Å². The van der Waals surface area contributed by atoms with Crippen molar-refractivity contribution >= 4 is 16.3 Å². The molecule has 156 valence electrons. The monoisotopic (exact) mass is 409 g/mol. The van der Waals surface area contributed by atoms with E-state index in [9.17, 15) is 13.2 Å². The molecule has 1 atom stereocenters. The van der Waals surface area contributed by atoms with Crippen molar-refractivity contribution in [2.75, 3.05) is 13.1 Å². The second-order valence-electron chi connectivity index (χ2n) is 7.96. The Kier molecular flexibility index (Phi) is 5.96. The molecule has 0 aromatic heterocycles. The van der Waals surface area contributed by atoms with Crippen LogP contribution in [0.3, 0.4) is 0 Å². The van der Waals surface area contributed by atoms with E-state index in [1.165, 1.54) is 28.5 Å². The highest BCUT2D eigenvalue weighted by atomic mass is 19.4. The fraction of sp³-hybridized carbons (Fsp3) is 0.308. The fourth-order valence-corrected chi connectivity index (χ4v) is 4.37. The van der Waals surface area contributed by atoms with E-state index in [4.69, 9.17) is 0 Å². The lowest BCUT2D eigenvalue weighted by atomic mass is 9.93. The second-order valence-corrected chi connectivity index (χ2v) is 7.96. The van der Waals surface area contributed by atoms with Gasteiger partial charge in [0.2, 0.25) is 0 Å². The van der Waals surface area contributed by atoms with Gasteiger partial charge in [0.25, 0.3) is 0 Å². The third kappa shape index (κ3) is 4.44. The van der Waals surface area contributed by atoms with Gasteiger partial charge in [-0.3, -0.25) is 4.90 Å². The molecule has 4 rings (SSSR count). The van der Waals surface area contributed by atoms with Crippen LogP contribution in [0.5, 0.6) is 0 Å². The van der Waals surface area contributed by atoms with Gasteiger partial charge in [-0.15, -0.1) is 0 Å². The number of hydrogen-bond acceptors (Lipinski definition) is 1. The number of benzene rings is 3. The van der Waals surface area contributed by atoms with Crippen molar-refractivity contribution < 1.29 is 13.2 Å². The molecule has 0 saturated carbocycles. The van der Waals surface area contributed by atoms with E-state index >= 15 is 0 Å². The maximum atomic E-state index is 13.1. The summed E-state index contributed by atoms with van der Waals surface area (Å²) in [6.45, 7) is 3.80. The SMILES string of the molecule is CCCC(c1ccc2ccccc2c1)N1CC=C(c2cccc(C(F)(F)F)c2)CC1. The second kappa shape index (κ2) is 8.65. The highest BCUT2D eigenvalue weighted by molar-refractivity contribution is 5.83. The van der Waals surface area contributed by atoms with Crippen molar-refractivity contribution in [2.45, 2.75) is 38.4 Å². The van der Waals surface area contributed by atoms with Crippen molar-refractivity contribution in [3.05, 3.63) is 89.5 Å². The van der Waals surface area contributed by atoms with E-state index in [0.717, 1.165) is 44.0 Å². The standard InChI is InChI=1S/C26H26F3N/c1-2-6-25(23-12-11-19-7-3-4-8-21(19)17-23)30-15-13-20(14-16-30)22-9-5-10-24(18-22)26(27,28)29/h3-5,7-13,17-18,25H,2,6,14-16H2,1H3. The first kappa shape index (κ1) is 20.7. The zero-order valence-electron chi connectivity index (χ0n) is 17.1. The van der Waals surface area contributed by atoms with Crippen LogP contribution >= 0.6 is 0 Å². The lowest BCUT2D eigenvalue weighted by molar-refractivity contribution is -0.137. The minimum Gasteiger partial charge on any atom is -0.292 e. The Morgan fingerprint density at radius 2 is 1.73 bits per heavy atom. The maximum Gasteiger partial charge on any atom is 0.416 e. The molecule has 0 N–H and O–H groups in total. The molecule has 0 saturated heterocycles. The van der Waals surface area contributed by atoms with Crippen molar-refractivity contribution in [3.63, 3.8) is 0 Å². The van der Waals surface area contributed by atoms with Crippen LogP contribution in [0, 0.1) is 0 Å². The van der Waals surface area contributed by atoms with E-state index in [0.29, 0.717) is 11.6 Å². The molecular weight excluding hydrogens is 383 g/mol. The number of halogens is 3. The molecule has 1 heterocycles. The number of nitrogens with zero attached hydrogens (tertiary/aromatic N) is 1. The van der Waals surface area contributed by atoms with E-state index < -0.39 is 11.7 Å². The molecule has 0 fully saturated rings. The smallest absolute Gasteiger partial charge is 0.292 e. The zero-order chi connectivity index (χ0) is 21.1. The van der Waals surface area contributed by atoms with Crippen LogP contribution in [-0.4, -0.2) is 18.0 Å². The summed E-state index contributed by atoms with van der Waals surface area (Å²) in [7, 11) is 0. The summed E-state index contributed by atoms with van der Waals surface area (Å²) in [6.07, 6.45) is 0.695. The van der Waals surface area contributed by atoms with Gasteiger partial charge in [0.05, 0.1) is 5.56 Å². The molecule has 1 unspecified atom stereocenters. The highest BCUT2D eigenvalue weighted by Gasteiger charge is 2.31. The average molecular weight is 409 g/mol. The first-order valence-electron chi connectivity index (χ1n) is 10.5. The van der Waals surface area contributed by atoms with Crippen LogP contribution in [-0.2, 0) is 6.18 Å². The molecule has 3 aromatic rings. The Morgan fingerprint density at radius 1 is 0.933 bits per heavy atom. The Morgan fingerprint density at radius 3 is 2.43 bits per heavy atom. The summed E-state index contributed by atoms with van der Waals surface area (Å²) in [6, 6.07) is 21.1. The normalized spacial score (nSPS) is 16.5. The summed E-state index contributed by atoms with van der Waals surface area (Å²) < 4.78 is 39.2. The fourth-order valence-electron chi connectivity index (χ4n) is 4.37. The predicted molar refractivity (Wildman–Crippen MR) is 117 cm³/mol. The average Bonchev–Trinajstić information content (AvgIpc) is 2.77. The predicted octanol–water partition coefficient (Wildman–Crippen LogP) is 7.49. The quantitative estimate of drug-likeness (QED) is 0.422. The van der Waals surface area contributed by atoms with Crippen LogP contribution in [0.1, 0.15) is 48.9 Å². The summed E-state index contributed by atoms with van der Waals surface area (Å²) in [5.41, 5.74) is 2.42. The highest BCUT2D eigenvalue weighted by Crippen LogP contribution is 2.35. The Hall–Kier alpha value is -2.59. The molecule has 1 aliphatic rings. The first-order chi connectivity index (χ1) is 14.5. The largest absolute Gasteiger partial charge is 0.416 e. The molecule has 0 radical (unpaired) electrons. The number of rotatable bonds is 5. The zero-order valence-corrected chi connectivity index (χ0v) is 17.1. The van der Waals surface area contributed by atoms with Crippen molar-refractivity contribution in [2.24, 2.45) is 0 Å². The van der Waals surface area contributed by atoms with Crippen LogP contribution in [0.25, 0.3) is 16.3 Å². The molecule has 0 amide bonds. The van der Waals surface area contributed by atoms with Gasteiger partial charge in [-0.1, -0.05) is 68.0 Å². The lowest BCUT2D eigenvalue weighted by Gasteiger charge is -2.34. The molecule has 3 aromatic carbocycles. The number of fused-ring (bicyclic) bond motifs is 1. The molecule has 0 spiro atoms. The van der Waals surface area contributed by atoms with Gasteiger partial charge in [-0.2, -0.15) is 13.2 Å². The third-order valence-corrected chi connectivity index (χ3v) is 5.96. The van der Waals surface area contributed by atoms with Crippen LogP contribution in [0.2, 0.25) is 0 Å². The van der Waals surface area contributed by atoms with Gasteiger partial charge in [0.15, 0.2) is 0 Å². The van der Waals surface area contributed by atoms with Crippen LogP contribution < -0.4 is 0 Å². The number of alkyl halides is 3. The van der Waals surface area contributed by atoms with E-state index in [1.807, 2.05) is 0 Å². The Balaban J connectivity index is 1.56. The van der Waals surface area contributed by atoms with Crippen molar-refractivity contribution in [1.29, 1.82) is 0 Å². The van der Waals surface area contributed by atoms with Gasteiger partial charge in [-0.25, -0.2) is 0 Å². The molecular formula is C26H26F3N. The molecule has 0 aliphatic carbocycles. The first-order valence-corrected chi connectivity index (χ1v) is 10.5. The van der Waals surface area contributed by atoms with E-state index in [2.05, 4.69) is 60.4 Å². The molecule has 30 heavy (non-hydrogen) atoms. The van der Waals surface area contributed by atoms with E-state index in [1.54, 1.807) is 6.07 Å². The van der Waals surface area contributed by atoms with Gasteiger partial charge in [0, 0.05) is 19.1 Å².